The van der Waals surface area contributed by atoms with Crippen molar-refractivity contribution >= 4 is 5.91 Å². The van der Waals surface area contributed by atoms with Crippen LogP contribution in [-0.2, 0) is 11.3 Å². The topological polar surface area (TPSA) is 80.7 Å². The van der Waals surface area contributed by atoms with Crippen molar-refractivity contribution in [3.8, 4) is 0 Å². The summed E-state index contributed by atoms with van der Waals surface area (Å²) in [6.45, 7) is 9.85. The number of aryl methyl sites for hydroxylation is 1. The molecule has 0 radical (unpaired) electrons. The summed E-state index contributed by atoms with van der Waals surface area (Å²) >= 11 is 0. The molecule has 0 aliphatic rings. The molecule has 108 valence electrons. The minimum Gasteiger partial charge on any atom is -0.456 e. The molecule has 0 aromatic carbocycles. The van der Waals surface area contributed by atoms with Gasteiger partial charge in [-0.25, -0.2) is 5.84 Å². The van der Waals surface area contributed by atoms with Crippen LogP contribution in [0.15, 0.2) is 10.5 Å². The Balaban J connectivity index is 2.63. The molecule has 0 atom stereocenters. The number of amides is 1. The molecule has 19 heavy (non-hydrogen) atoms. The largest absolute Gasteiger partial charge is 0.456 e. The Morgan fingerprint density at radius 1 is 1.53 bits per heavy atom. The zero-order chi connectivity index (χ0) is 14.3. The van der Waals surface area contributed by atoms with Gasteiger partial charge >= 0.3 is 5.91 Å². The van der Waals surface area contributed by atoms with E-state index in [2.05, 4.69) is 17.2 Å². The van der Waals surface area contributed by atoms with Crippen molar-refractivity contribution in [2.45, 2.75) is 27.3 Å². The maximum absolute atomic E-state index is 11.4. The monoisotopic (exact) mass is 269 g/mol. The first-order chi connectivity index (χ1) is 9.12. The van der Waals surface area contributed by atoms with Crippen molar-refractivity contribution in [3.63, 3.8) is 0 Å². The van der Waals surface area contributed by atoms with E-state index in [1.54, 1.807) is 6.07 Å². The summed E-state index contributed by atoms with van der Waals surface area (Å²) in [5.41, 5.74) is 3.06. The number of nitrogens with zero attached hydrogens (tertiary/aromatic N) is 1. The van der Waals surface area contributed by atoms with E-state index in [-0.39, 0.29) is 5.76 Å². The molecule has 0 saturated heterocycles. The number of hydrazine groups is 1. The lowest BCUT2D eigenvalue weighted by Gasteiger charge is -2.19. The van der Waals surface area contributed by atoms with Gasteiger partial charge in [0.15, 0.2) is 5.76 Å². The number of nitrogens with one attached hydrogen (secondary N) is 1. The van der Waals surface area contributed by atoms with Gasteiger partial charge in [-0.3, -0.25) is 15.1 Å². The summed E-state index contributed by atoms with van der Waals surface area (Å²) in [5, 5.41) is 0. The molecule has 1 aromatic rings. The molecule has 0 fully saturated rings. The fourth-order valence-electron chi connectivity index (χ4n) is 1.79. The third-order valence-electron chi connectivity index (χ3n) is 2.97. The molecule has 1 rings (SSSR count). The van der Waals surface area contributed by atoms with Gasteiger partial charge in [0.2, 0.25) is 0 Å². The molecule has 0 saturated carbocycles. The molecule has 0 unspecified atom stereocenters. The van der Waals surface area contributed by atoms with Crippen molar-refractivity contribution in [3.05, 3.63) is 23.2 Å². The summed E-state index contributed by atoms with van der Waals surface area (Å²) in [6.07, 6.45) is 0. The second-order valence-electron chi connectivity index (χ2n) is 4.23. The number of ether oxygens (including phenoxy) is 1. The third kappa shape index (κ3) is 4.66. The van der Waals surface area contributed by atoms with Crippen molar-refractivity contribution in [2.24, 2.45) is 5.84 Å². The van der Waals surface area contributed by atoms with Gasteiger partial charge < -0.3 is 9.15 Å². The minimum absolute atomic E-state index is 0.246. The summed E-state index contributed by atoms with van der Waals surface area (Å²) in [5.74, 6) is 5.67. The molecule has 1 heterocycles. The van der Waals surface area contributed by atoms with Gasteiger partial charge in [-0.15, -0.1) is 0 Å². The molecule has 3 N–H and O–H groups in total. The summed E-state index contributed by atoms with van der Waals surface area (Å²) < 4.78 is 10.7. The van der Waals surface area contributed by atoms with Crippen molar-refractivity contribution in [1.82, 2.24) is 10.3 Å². The van der Waals surface area contributed by atoms with Gasteiger partial charge in [0.05, 0.1) is 6.61 Å². The van der Waals surface area contributed by atoms with Crippen LogP contribution in [0.2, 0.25) is 0 Å². The van der Waals surface area contributed by atoms with Crippen molar-refractivity contribution < 1.29 is 13.9 Å². The van der Waals surface area contributed by atoms with Gasteiger partial charge in [0.25, 0.3) is 0 Å². The second-order valence-corrected chi connectivity index (χ2v) is 4.23. The van der Waals surface area contributed by atoms with E-state index >= 15 is 0 Å². The summed E-state index contributed by atoms with van der Waals surface area (Å²) in [7, 11) is 0. The number of likely N-dealkylation sites (N-methyl/N-ethyl adjacent to an activating group) is 1. The maximum atomic E-state index is 11.4. The van der Waals surface area contributed by atoms with Crippen LogP contribution in [0, 0.1) is 6.92 Å². The summed E-state index contributed by atoms with van der Waals surface area (Å²) in [6, 6.07) is 1.74. The number of hydrogen-bond acceptors (Lipinski definition) is 5. The van der Waals surface area contributed by atoms with E-state index in [4.69, 9.17) is 15.0 Å². The summed E-state index contributed by atoms with van der Waals surface area (Å²) in [4.78, 5) is 13.6. The van der Waals surface area contributed by atoms with E-state index in [0.29, 0.717) is 6.61 Å². The molecule has 1 amide bonds. The Bertz CT molecular complexity index is 404. The number of carbonyl (C=O) groups is 1. The van der Waals surface area contributed by atoms with Crippen molar-refractivity contribution in [2.75, 3.05) is 26.3 Å². The van der Waals surface area contributed by atoms with Crippen LogP contribution in [0.3, 0.4) is 0 Å². The number of hydrogen-bond donors (Lipinski definition) is 2. The number of furan rings is 1. The lowest BCUT2D eigenvalue weighted by atomic mass is 10.2. The highest BCUT2D eigenvalue weighted by Gasteiger charge is 2.15. The smallest absolute Gasteiger partial charge is 0.300 e. The molecule has 6 nitrogen and oxygen atoms in total. The first kappa shape index (κ1) is 15.7. The predicted octanol–water partition coefficient (Wildman–Crippen LogP) is 1.05. The number of rotatable bonds is 8. The maximum Gasteiger partial charge on any atom is 0.300 e. The fraction of sp³-hybridized carbons (Fsp3) is 0.615. The highest BCUT2D eigenvalue weighted by Crippen LogP contribution is 2.16. The van der Waals surface area contributed by atoms with Gasteiger partial charge in [-0.1, -0.05) is 6.92 Å². The molecule has 6 heteroatoms. The molecular weight excluding hydrogens is 246 g/mol. The molecular formula is C13H23N3O3. The van der Waals surface area contributed by atoms with Gasteiger partial charge in [0.1, 0.15) is 5.76 Å². The van der Waals surface area contributed by atoms with Crippen LogP contribution in [0.5, 0.6) is 0 Å². The standard InChI is InChI=1S/C13H23N3O3/c1-4-16(6-7-18-5-2)9-11-8-12(13(17)15-14)19-10(11)3/h8H,4-7,9,14H2,1-3H3,(H,15,17). The lowest BCUT2D eigenvalue weighted by molar-refractivity contribution is 0.0924. The SMILES string of the molecule is CCOCCN(CC)Cc1cc(C(=O)NN)oc1C. The van der Waals surface area contributed by atoms with Crippen LogP contribution in [0.4, 0.5) is 0 Å². The van der Waals surface area contributed by atoms with Crippen LogP contribution < -0.4 is 11.3 Å². The van der Waals surface area contributed by atoms with E-state index in [1.807, 2.05) is 13.8 Å². The quantitative estimate of drug-likeness (QED) is 0.319. The molecule has 0 spiro atoms. The van der Waals surface area contributed by atoms with Crippen molar-refractivity contribution in [1.29, 1.82) is 0 Å². The predicted molar refractivity (Wildman–Crippen MR) is 72.5 cm³/mol. The normalized spacial score (nSPS) is 11.0. The Labute approximate surface area is 113 Å². The second kappa shape index (κ2) is 7.93. The average Bonchev–Trinajstić information content (AvgIpc) is 2.78. The minimum atomic E-state index is -0.410. The molecule has 0 aliphatic heterocycles. The Hall–Kier alpha value is -1.37. The van der Waals surface area contributed by atoms with E-state index < -0.39 is 5.91 Å². The Kier molecular flexibility index (Phi) is 6.55. The Morgan fingerprint density at radius 2 is 2.26 bits per heavy atom. The van der Waals surface area contributed by atoms with Crippen LogP contribution in [0.1, 0.15) is 35.7 Å². The average molecular weight is 269 g/mol. The number of carbonyl (C=O) groups excluding carboxylic acids is 1. The van der Waals surface area contributed by atoms with Crippen LogP contribution >= 0.6 is 0 Å². The highest BCUT2D eigenvalue weighted by atomic mass is 16.5. The lowest BCUT2D eigenvalue weighted by Crippen LogP contribution is -2.29. The highest BCUT2D eigenvalue weighted by molar-refractivity contribution is 5.91. The van der Waals surface area contributed by atoms with Gasteiger partial charge in [-0.05, 0) is 26.5 Å². The number of nitrogens with two attached hydrogens (primary N) is 1. The Morgan fingerprint density at radius 3 is 2.84 bits per heavy atom. The van der Waals surface area contributed by atoms with Gasteiger partial charge in [-0.2, -0.15) is 0 Å². The van der Waals surface area contributed by atoms with Crippen LogP contribution in [-0.4, -0.2) is 37.1 Å². The molecule has 0 bridgehead atoms. The zero-order valence-corrected chi connectivity index (χ0v) is 11.9. The first-order valence-electron chi connectivity index (χ1n) is 6.52. The molecule has 1 aromatic heterocycles. The third-order valence-corrected chi connectivity index (χ3v) is 2.97. The van der Waals surface area contributed by atoms with E-state index in [9.17, 15) is 4.79 Å². The zero-order valence-electron chi connectivity index (χ0n) is 11.9. The fourth-order valence-corrected chi connectivity index (χ4v) is 1.79. The van der Waals surface area contributed by atoms with E-state index in [0.717, 1.165) is 37.6 Å². The first-order valence-corrected chi connectivity index (χ1v) is 6.52. The molecule has 0 aliphatic carbocycles. The number of nitrogen functional groups attached to an aromatic ring is 1. The van der Waals surface area contributed by atoms with E-state index in [1.165, 1.54) is 0 Å². The van der Waals surface area contributed by atoms with Gasteiger partial charge in [0, 0.05) is 25.3 Å². The van der Waals surface area contributed by atoms with Crippen LogP contribution in [0.25, 0.3) is 0 Å².